The van der Waals surface area contributed by atoms with Crippen LogP contribution in [-0.4, -0.2) is 45.9 Å². The molecule has 2 aromatic carbocycles. The van der Waals surface area contributed by atoms with E-state index in [0.717, 1.165) is 10.6 Å². The smallest absolute Gasteiger partial charge is 0.244 e. The molecule has 0 radical (unpaired) electrons. The van der Waals surface area contributed by atoms with Crippen LogP contribution in [0.5, 0.6) is 11.5 Å². The molecule has 9 heteroatoms. The first-order valence-electron chi connectivity index (χ1n) is 9.20. The number of nitrogens with one attached hydrogen (secondary N) is 1. The van der Waals surface area contributed by atoms with E-state index in [4.69, 9.17) is 21.1 Å². The van der Waals surface area contributed by atoms with Gasteiger partial charge in [-0.25, -0.2) is 8.42 Å². The van der Waals surface area contributed by atoms with Gasteiger partial charge in [-0.15, -0.1) is 0 Å². The number of ether oxygens (including phenoxy) is 2. The predicted octanol–water partition coefficient (Wildman–Crippen LogP) is 2.84. The molecule has 2 aromatic rings. The van der Waals surface area contributed by atoms with Gasteiger partial charge in [-0.1, -0.05) is 30.7 Å². The Labute approximate surface area is 175 Å². The third kappa shape index (κ3) is 5.13. The van der Waals surface area contributed by atoms with Crippen LogP contribution in [0.3, 0.4) is 0 Å². The number of hydrogen-bond donors (Lipinski definition) is 1. The summed E-state index contributed by atoms with van der Waals surface area (Å²) in [5.74, 6) is 0.867. The lowest BCUT2D eigenvalue weighted by Gasteiger charge is -2.31. The summed E-state index contributed by atoms with van der Waals surface area (Å²) in [6.45, 7) is 2.25. The molecule has 2 unspecified atom stereocenters. The van der Waals surface area contributed by atoms with Gasteiger partial charge >= 0.3 is 0 Å². The lowest BCUT2D eigenvalue weighted by atomic mass is 10.2. The number of nitrogens with zero attached hydrogens (tertiary/aromatic N) is 1. The van der Waals surface area contributed by atoms with E-state index in [2.05, 4.69) is 5.32 Å². The van der Waals surface area contributed by atoms with E-state index in [1.54, 1.807) is 37.3 Å². The Kier molecular flexibility index (Phi) is 6.54. The summed E-state index contributed by atoms with van der Waals surface area (Å²) in [4.78, 5) is 12.9. The second-order valence-corrected chi connectivity index (χ2v) is 9.00. The van der Waals surface area contributed by atoms with Crippen LogP contribution in [0.1, 0.15) is 13.3 Å². The van der Waals surface area contributed by atoms with Gasteiger partial charge in [-0.3, -0.25) is 9.10 Å². The van der Waals surface area contributed by atoms with Crippen LogP contribution in [0.4, 0.5) is 5.69 Å². The van der Waals surface area contributed by atoms with Crippen molar-refractivity contribution in [3.8, 4) is 11.5 Å². The molecule has 0 fully saturated rings. The van der Waals surface area contributed by atoms with E-state index in [9.17, 15) is 13.2 Å². The van der Waals surface area contributed by atoms with Gasteiger partial charge in [0.05, 0.1) is 18.5 Å². The van der Waals surface area contributed by atoms with Gasteiger partial charge in [0.2, 0.25) is 15.9 Å². The van der Waals surface area contributed by atoms with Crippen molar-refractivity contribution in [2.24, 2.45) is 0 Å². The van der Waals surface area contributed by atoms with Crippen molar-refractivity contribution in [2.45, 2.75) is 25.5 Å². The monoisotopic (exact) mass is 438 g/mol. The number of amides is 1. The standard InChI is InChI=1S/C20H23ClN2O5S/c1-3-17(23(29(2,25)26)15-10-8-14(21)9-11-15)20(24)22-12-16-13-27-18-6-4-5-7-19(18)28-16/h4-11,16-17H,3,12-13H2,1-2H3,(H,22,24). The zero-order chi connectivity index (χ0) is 21.0. The third-order valence-corrected chi connectivity index (χ3v) is 5.91. The highest BCUT2D eigenvalue weighted by Gasteiger charge is 2.32. The number of hydrogen-bond acceptors (Lipinski definition) is 5. The van der Waals surface area contributed by atoms with E-state index in [1.165, 1.54) is 0 Å². The van der Waals surface area contributed by atoms with Crippen molar-refractivity contribution >= 4 is 33.2 Å². The number of rotatable bonds is 7. The van der Waals surface area contributed by atoms with Crippen molar-refractivity contribution < 1.29 is 22.7 Å². The first-order valence-corrected chi connectivity index (χ1v) is 11.4. The molecular weight excluding hydrogens is 416 g/mol. The Morgan fingerprint density at radius 2 is 1.86 bits per heavy atom. The molecule has 3 rings (SSSR count). The van der Waals surface area contributed by atoms with Gasteiger partial charge in [-0.2, -0.15) is 0 Å². The minimum Gasteiger partial charge on any atom is -0.486 e. The Balaban J connectivity index is 1.71. The van der Waals surface area contributed by atoms with Crippen LogP contribution in [0.15, 0.2) is 48.5 Å². The maximum atomic E-state index is 12.9. The number of carbonyl (C=O) groups is 1. The second kappa shape index (κ2) is 8.92. The van der Waals surface area contributed by atoms with Gasteiger partial charge in [0.15, 0.2) is 11.5 Å². The Hall–Kier alpha value is -2.45. The molecule has 0 saturated carbocycles. The summed E-state index contributed by atoms with van der Waals surface area (Å²) >= 11 is 5.91. The lowest BCUT2D eigenvalue weighted by Crippen LogP contribution is -2.51. The normalized spacial score (nSPS) is 16.7. The zero-order valence-corrected chi connectivity index (χ0v) is 17.7. The average molecular weight is 439 g/mol. The number of anilines is 1. The molecular formula is C20H23ClN2O5S. The second-order valence-electron chi connectivity index (χ2n) is 6.70. The van der Waals surface area contributed by atoms with Gasteiger partial charge in [-0.05, 0) is 42.8 Å². The maximum Gasteiger partial charge on any atom is 0.244 e. The minimum absolute atomic E-state index is 0.196. The lowest BCUT2D eigenvalue weighted by molar-refractivity contribution is -0.122. The van der Waals surface area contributed by atoms with Crippen LogP contribution >= 0.6 is 11.6 Å². The molecule has 156 valence electrons. The van der Waals surface area contributed by atoms with Gasteiger partial charge < -0.3 is 14.8 Å². The highest BCUT2D eigenvalue weighted by Crippen LogP contribution is 2.30. The summed E-state index contributed by atoms with van der Waals surface area (Å²) in [7, 11) is -3.70. The Morgan fingerprint density at radius 3 is 2.48 bits per heavy atom. The summed E-state index contributed by atoms with van der Waals surface area (Å²) in [6.07, 6.45) is 1.01. The van der Waals surface area contributed by atoms with Crippen molar-refractivity contribution in [3.05, 3.63) is 53.6 Å². The molecule has 7 nitrogen and oxygen atoms in total. The minimum atomic E-state index is -3.70. The van der Waals surface area contributed by atoms with Crippen molar-refractivity contribution in [3.63, 3.8) is 0 Å². The Bertz CT molecular complexity index is 965. The summed E-state index contributed by atoms with van der Waals surface area (Å²) in [5.41, 5.74) is 0.380. The average Bonchev–Trinajstić information content (AvgIpc) is 2.70. The number of carbonyl (C=O) groups excluding carboxylic acids is 1. The van der Waals surface area contributed by atoms with E-state index >= 15 is 0 Å². The largest absolute Gasteiger partial charge is 0.486 e. The Morgan fingerprint density at radius 1 is 1.21 bits per heavy atom. The summed E-state index contributed by atoms with van der Waals surface area (Å²) < 4.78 is 37.5. The van der Waals surface area contributed by atoms with Gasteiger partial charge in [0.1, 0.15) is 18.8 Å². The SMILES string of the molecule is CCC(C(=O)NCC1COc2ccccc2O1)N(c1ccc(Cl)cc1)S(C)(=O)=O. The fourth-order valence-corrected chi connectivity index (χ4v) is 4.48. The molecule has 29 heavy (non-hydrogen) atoms. The molecule has 0 aliphatic carbocycles. The number of fused-ring (bicyclic) bond motifs is 1. The van der Waals surface area contributed by atoms with Crippen LogP contribution in [0.25, 0.3) is 0 Å². The first-order chi connectivity index (χ1) is 13.8. The van der Waals surface area contributed by atoms with Crippen LogP contribution in [-0.2, 0) is 14.8 Å². The number of para-hydroxylation sites is 2. The molecule has 0 saturated heterocycles. The summed E-state index contributed by atoms with van der Waals surface area (Å²) in [5, 5.41) is 3.27. The van der Waals surface area contributed by atoms with Gasteiger partial charge in [0, 0.05) is 5.02 Å². The highest BCUT2D eigenvalue weighted by molar-refractivity contribution is 7.92. The molecule has 1 heterocycles. The van der Waals surface area contributed by atoms with E-state index in [1.807, 2.05) is 18.2 Å². The van der Waals surface area contributed by atoms with E-state index in [-0.39, 0.29) is 12.6 Å². The molecule has 0 spiro atoms. The molecule has 0 bridgehead atoms. The summed E-state index contributed by atoms with van der Waals surface area (Å²) in [6, 6.07) is 12.7. The molecule has 1 aliphatic rings. The molecule has 2 atom stereocenters. The highest BCUT2D eigenvalue weighted by atomic mass is 35.5. The van der Waals surface area contributed by atoms with Crippen LogP contribution in [0, 0.1) is 0 Å². The number of benzene rings is 2. The zero-order valence-electron chi connectivity index (χ0n) is 16.2. The van der Waals surface area contributed by atoms with Crippen molar-refractivity contribution in [2.75, 3.05) is 23.7 Å². The van der Waals surface area contributed by atoms with E-state index in [0.29, 0.717) is 35.2 Å². The van der Waals surface area contributed by atoms with Crippen molar-refractivity contribution in [1.82, 2.24) is 5.32 Å². The molecule has 1 amide bonds. The fourth-order valence-electron chi connectivity index (χ4n) is 3.14. The quantitative estimate of drug-likeness (QED) is 0.718. The van der Waals surface area contributed by atoms with Crippen LogP contribution < -0.4 is 19.1 Å². The maximum absolute atomic E-state index is 12.9. The van der Waals surface area contributed by atoms with Crippen molar-refractivity contribution in [1.29, 1.82) is 0 Å². The van der Waals surface area contributed by atoms with Gasteiger partial charge in [0.25, 0.3) is 0 Å². The fraction of sp³-hybridized carbons (Fsp3) is 0.350. The molecule has 0 aromatic heterocycles. The number of halogens is 1. The molecule has 1 N–H and O–H groups in total. The third-order valence-electron chi connectivity index (χ3n) is 4.48. The molecule has 1 aliphatic heterocycles. The van der Waals surface area contributed by atoms with E-state index < -0.39 is 22.0 Å². The number of sulfonamides is 1. The topological polar surface area (TPSA) is 84.9 Å². The first kappa shape index (κ1) is 21.3. The predicted molar refractivity (Wildman–Crippen MR) is 112 cm³/mol. The van der Waals surface area contributed by atoms with Crippen LogP contribution in [0.2, 0.25) is 5.02 Å².